The minimum Gasteiger partial charge on any atom is -0.481 e. The quantitative estimate of drug-likeness (QED) is 0.746. The lowest BCUT2D eigenvalue weighted by Crippen LogP contribution is -1.91. The summed E-state index contributed by atoms with van der Waals surface area (Å²) < 4.78 is 5.18. The highest BCUT2D eigenvalue weighted by Gasteiger charge is 2.11. The van der Waals surface area contributed by atoms with Crippen LogP contribution < -0.4 is 4.74 Å². The number of rotatable bonds is 2. The molecule has 2 rings (SSSR count). The first kappa shape index (κ1) is 12.5. The Hall–Kier alpha value is -0.960. The number of hydrogen-bond donors (Lipinski definition) is 0. The summed E-state index contributed by atoms with van der Waals surface area (Å²) in [6, 6.07) is 7.15. The molecule has 0 N–H and O–H groups in total. The van der Waals surface area contributed by atoms with E-state index in [0.29, 0.717) is 20.9 Å². The van der Waals surface area contributed by atoms with Gasteiger partial charge in [0.15, 0.2) is 0 Å². The lowest BCUT2D eigenvalue weighted by Gasteiger charge is -2.09. The zero-order valence-corrected chi connectivity index (χ0v) is 11.1. The number of pyridine rings is 1. The van der Waals surface area contributed by atoms with Gasteiger partial charge in [-0.1, -0.05) is 34.8 Å². The van der Waals surface area contributed by atoms with Gasteiger partial charge in [-0.05, 0) is 29.8 Å². The van der Waals surface area contributed by atoms with Crippen molar-refractivity contribution in [1.82, 2.24) is 4.98 Å². The monoisotopic (exact) mass is 287 g/mol. The first-order valence-electron chi connectivity index (χ1n) is 4.77. The maximum absolute atomic E-state index is 5.99. The van der Waals surface area contributed by atoms with E-state index in [9.17, 15) is 0 Å². The van der Waals surface area contributed by atoms with Crippen LogP contribution in [0, 0.1) is 0 Å². The summed E-state index contributed by atoms with van der Waals surface area (Å²) >= 11 is 17.9. The SMILES string of the molecule is COc1ncccc1-c1cc(Cl)c(Cl)c(Cl)c1. The van der Waals surface area contributed by atoms with E-state index in [0.717, 1.165) is 11.1 Å². The van der Waals surface area contributed by atoms with Crippen LogP contribution in [0.1, 0.15) is 0 Å². The average molecular weight is 289 g/mol. The maximum atomic E-state index is 5.99. The van der Waals surface area contributed by atoms with Crippen molar-refractivity contribution in [1.29, 1.82) is 0 Å². The fourth-order valence-corrected chi connectivity index (χ4v) is 2.08. The smallest absolute Gasteiger partial charge is 0.221 e. The van der Waals surface area contributed by atoms with Crippen LogP contribution in [0.15, 0.2) is 30.5 Å². The average Bonchev–Trinajstić information content (AvgIpc) is 2.35. The van der Waals surface area contributed by atoms with Crippen LogP contribution >= 0.6 is 34.8 Å². The number of hydrogen-bond acceptors (Lipinski definition) is 2. The van der Waals surface area contributed by atoms with Gasteiger partial charge in [-0.15, -0.1) is 0 Å². The molecule has 1 heterocycles. The zero-order valence-electron chi connectivity index (χ0n) is 8.88. The van der Waals surface area contributed by atoms with E-state index < -0.39 is 0 Å². The van der Waals surface area contributed by atoms with Crippen LogP contribution in [0.25, 0.3) is 11.1 Å². The Kier molecular flexibility index (Phi) is 3.77. The van der Waals surface area contributed by atoms with Crippen LogP contribution in [0.5, 0.6) is 5.88 Å². The maximum Gasteiger partial charge on any atom is 0.221 e. The second-order valence-electron chi connectivity index (χ2n) is 3.31. The van der Waals surface area contributed by atoms with E-state index in [-0.39, 0.29) is 0 Å². The number of nitrogens with zero attached hydrogens (tertiary/aromatic N) is 1. The Bertz CT molecular complexity index is 534. The molecule has 0 fully saturated rings. The number of benzene rings is 1. The molecule has 88 valence electrons. The molecule has 0 saturated heterocycles. The number of ether oxygens (including phenoxy) is 1. The van der Waals surface area contributed by atoms with Gasteiger partial charge >= 0.3 is 0 Å². The van der Waals surface area contributed by atoms with E-state index in [1.165, 1.54) is 0 Å². The third-order valence-electron chi connectivity index (χ3n) is 2.26. The summed E-state index contributed by atoms with van der Waals surface area (Å²) in [5.74, 6) is 0.516. The van der Waals surface area contributed by atoms with Gasteiger partial charge < -0.3 is 4.74 Å². The Labute approximate surface area is 114 Å². The summed E-state index contributed by atoms with van der Waals surface area (Å²) in [5.41, 5.74) is 1.63. The molecule has 2 nitrogen and oxygen atoms in total. The van der Waals surface area contributed by atoms with E-state index in [2.05, 4.69) is 4.98 Å². The lowest BCUT2D eigenvalue weighted by molar-refractivity contribution is 0.399. The Morgan fingerprint density at radius 1 is 1.12 bits per heavy atom. The van der Waals surface area contributed by atoms with Crippen LogP contribution in [0.4, 0.5) is 0 Å². The van der Waals surface area contributed by atoms with Gasteiger partial charge in [-0.25, -0.2) is 4.98 Å². The molecule has 0 aliphatic rings. The Morgan fingerprint density at radius 3 is 2.35 bits per heavy atom. The topological polar surface area (TPSA) is 22.1 Å². The molecule has 0 atom stereocenters. The van der Waals surface area contributed by atoms with Crippen molar-refractivity contribution in [2.45, 2.75) is 0 Å². The standard InChI is InChI=1S/C12H8Cl3NO/c1-17-12-8(3-2-4-16-12)7-5-9(13)11(15)10(14)6-7/h2-6H,1H3. The van der Waals surface area contributed by atoms with Crippen molar-refractivity contribution in [3.8, 4) is 17.0 Å². The predicted molar refractivity (Wildman–Crippen MR) is 71.3 cm³/mol. The molecule has 2 aromatic rings. The van der Waals surface area contributed by atoms with Crippen LogP contribution in [0.3, 0.4) is 0 Å². The first-order valence-corrected chi connectivity index (χ1v) is 5.91. The van der Waals surface area contributed by atoms with E-state index in [1.807, 2.05) is 12.1 Å². The third-order valence-corrected chi connectivity index (χ3v) is 3.46. The molecule has 5 heteroatoms. The number of halogens is 3. The summed E-state index contributed by atoms with van der Waals surface area (Å²) in [5, 5.41) is 1.15. The summed E-state index contributed by atoms with van der Waals surface area (Å²) in [7, 11) is 1.56. The van der Waals surface area contributed by atoms with E-state index in [1.54, 1.807) is 25.4 Å². The molecule has 0 amide bonds. The summed E-state index contributed by atoms with van der Waals surface area (Å²) in [4.78, 5) is 4.11. The molecule has 1 aromatic carbocycles. The lowest BCUT2D eigenvalue weighted by atomic mass is 10.1. The molecule has 0 bridgehead atoms. The van der Waals surface area contributed by atoms with Crippen LogP contribution in [0.2, 0.25) is 15.1 Å². The van der Waals surface area contributed by atoms with Crippen molar-refractivity contribution in [3.63, 3.8) is 0 Å². The number of methoxy groups -OCH3 is 1. The highest BCUT2D eigenvalue weighted by Crippen LogP contribution is 2.37. The van der Waals surface area contributed by atoms with Crippen molar-refractivity contribution < 1.29 is 4.74 Å². The second kappa shape index (κ2) is 5.13. The normalized spacial score (nSPS) is 10.4. The second-order valence-corrected chi connectivity index (χ2v) is 4.51. The first-order chi connectivity index (χ1) is 8.13. The van der Waals surface area contributed by atoms with Crippen molar-refractivity contribution >= 4 is 34.8 Å². The largest absolute Gasteiger partial charge is 0.481 e. The number of aromatic nitrogens is 1. The molecule has 0 unspecified atom stereocenters. The van der Waals surface area contributed by atoms with Gasteiger partial charge in [0.05, 0.1) is 22.2 Å². The fourth-order valence-electron chi connectivity index (χ4n) is 1.48. The highest BCUT2D eigenvalue weighted by molar-refractivity contribution is 6.48. The molecule has 0 saturated carbocycles. The van der Waals surface area contributed by atoms with Crippen molar-refractivity contribution in [3.05, 3.63) is 45.5 Å². The summed E-state index contributed by atoms with van der Waals surface area (Å²) in [6.45, 7) is 0. The molecular weight excluding hydrogens is 280 g/mol. The molecule has 0 aliphatic carbocycles. The molecule has 0 spiro atoms. The van der Waals surface area contributed by atoms with Crippen molar-refractivity contribution in [2.75, 3.05) is 7.11 Å². The van der Waals surface area contributed by atoms with Gasteiger partial charge in [0.25, 0.3) is 0 Å². The minimum absolute atomic E-state index is 0.347. The predicted octanol–water partition coefficient (Wildman–Crippen LogP) is 4.72. The molecular formula is C12H8Cl3NO. The van der Waals surface area contributed by atoms with Gasteiger partial charge in [-0.2, -0.15) is 0 Å². The van der Waals surface area contributed by atoms with E-state index >= 15 is 0 Å². The van der Waals surface area contributed by atoms with Gasteiger partial charge in [-0.3, -0.25) is 0 Å². The third kappa shape index (κ3) is 2.49. The molecule has 0 radical (unpaired) electrons. The Morgan fingerprint density at radius 2 is 1.76 bits per heavy atom. The van der Waals surface area contributed by atoms with E-state index in [4.69, 9.17) is 39.5 Å². The highest BCUT2D eigenvalue weighted by atomic mass is 35.5. The zero-order chi connectivity index (χ0) is 12.4. The van der Waals surface area contributed by atoms with Gasteiger partial charge in [0, 0.05) is 11.8 Å². The van der Waals surface area contributed by atoms with Crippen LogP contribution in [-0.4, -0.2) is 12.1 Å². The van der Waals surface area contributed by atoms with Crippen LogP contribution in [-0.2, 0) is 0 Å². The Balaban J connectivity index is 2.61. The van der Waals surface area contributed by atoms with Crippen molar-refractivity contribution in [2.24, 2.45) is 0 Å². The molecule has 17 heavy (non-hydrogen) atoms. The molecule has 1 aromatic heterocycles. The van der Waals surface area contributed by atoms with Gasteiger partial charge in [0.1, 0.15) is 0 Å². The fraction of sp³-hybridized carbons (Fsp3) is 0.0833. The minimum atomic E-state index is 0.347. The van der Waals surface area contributed by atoms with Gasteiger partial charge in [0.2, 0.25) is 5.88 Å². The molecule has 0 aliphatic heterocycles. The summed E-state index contributed by atoms with van der Waals surface area (Å²) in [6.07, 6.45) is 1.65.